The fraction of sp³-hybridized carbons (Fsp3) is 0.412. The summed E-state index contributed by atoms with van der Waals surface area (Å²) in [6, 6.07) is 9.61. The van der Waals surface area contributed by atoms with Crippen molar-refractivity contribution in [2.75, 3.05) is 7.05 Å². The van der Waals surface area contributed by atoms with Gasteiger partial charge in [0.25, 0.3) is 0 Å². The molecule has 1 aliphatic carbocycles. The van der Waals surface area contributed by atoms with E-state index in [1.807, 2.05) is 11.3 Å². The summed E-state index contributed by atoms with van der Waals surface area (Å²) in [5, 5.41) is 3.49. The Morgan fingerprint density at radius 1 is 1.05 bits per heavy atom. The summed E-state index contributed by atoms with van der Waals surface area (Å²) in [7, 11) is 2.06. The number of nitrogens with one attached hydrogen (secondary N) is 1. The first kappa shape index (κ1) is 12.9. The van der Waals surface area contributed by atoms with Crippen LogP contribution < -0.4 is 5.32 Å². The summed E-state index contributed by atoms with van der Waals surface area (Å²) in [5.41, 5.74) is 5.67. The molecule has 0 spiro atoms. The first-order chi connectivity index (χ1) is 9.17. The van der Waals surface area contributed by atoms with Crippen LogP contribution in [0.3, 0.4) is 0 Å². The van der Waals surface area contributed by atoms with Gasteiger partial charge >= 0.3 is 0 Å². The zero-order chi connectivity index (χ0) is 13.4. The Balaban J connectivity index is 1.99. The third kappa shape index (κ3) is 2.47. The number of rotatable bonds is 3. The summed E-state index contributed by atoms with van der Waals surface area (Å²) >= 11 is 2.00. The summed E-state index contributed by atoms with van der Waals surface area (Å²) in [6.45, 7) is 4.36. The van der Waals surface area contributed by atoms with Crippen LogP contribution in [-0.4, -0.2) is 7.05 Å². The fourth-order valence-electron chi connectivity index (χ4n) is 3.14. The molecular weight excluding hydrogens is 250 g/mol. The van der Waals surface area contributed by atoms with E-state index in [1.165, 1.54) is 40.8 Å². The second-order valence-electron chi connectivity index (χ2n) is 5.59. The molecule has 1 heterocycles. The van der Waals surface area contributed by atoms with Crippen molar-refractivity contribution in [2.24, 2.45) is 0 Å². The van der Waals surface area contributed by atoms with Crippen LogP contribution in [0.2, 0.25) is 0 Å². The maximum absolute atomic E-state index is 3.49. The molecular formula is C17H21NS. The summed E-state index contributed by atoms with van der Waals surface area (Å²) < 4.78 is 0. The van der Waals surface area contributed by atoms with Gasteiger partial charge in [0.1, 0.15) is 0 Å². The third-order valence-corrected chi connectivity index (χ3v) is 5.22. The van der Waals surface area contributed by atoms with E-state index in [4.69, 9.17) is 0 Å². The Morgan fingerprint density at radius 2 is 1.79 bits per heavy atom. The first-order valence-corrected chi connectivity index (χ1v) is 7.86. The van der Waals surface area contributed by atoms with Crippen molar-refractivity contribution in [2.45, 2.75) is 39.2 Å². The van der Waals surface area contributed by atoms with Gasteiger partial charge < -0.3 is 5.32 Å². The first-order valence-electron chi connectivity index (χ1n) is 7.04. The number of thiophene rings is 1. The fourth-order valence-corrected chi connectivity index (χ4v) is 4.54. The summed E-state index contributed by atoms with van der Waals surface area (Å²) in [6.07, 6.45) is 3.90. The van der Waals surface area contributed by atoms with Gasteiger partial charge in [0, 0.05) is 9.75 Å². The molecule has 1 aromatic heterocycles. The SMILES string of the molecule is CNC(c1cc(C)cc(C)c1)c1cc2c(s1)CCC2. The molecule has 1 atom stereocenters. The minimum absolute atomic E-state index is 0.342. The monoisotopic (exact) mass is 271 g/mol. The molecule has 1 unspecified atom stereocenters. The molecule has 1 aromatic carbocycles. The van der Waals surface area contributed by atoms with Gasteiger partial charge in [-0.2, -0.15) is 0 Å². The van der Waals surface area contributed by atoms with Crippen molar-refractivity contribution in [3.05, 3.63) is 56.3 Å². The minimum atomic E-state index is 0.342. The number of hydrogen-bond acceptors (Lipinski definition) is 2. The molecule has 0 amide bonds. The topological polar surface area (TPSA) is 12.0 Å². The van der Waals surface area contributed by atoms with E-state index in [2.05, 4.69) is 50.5 Å². The maximum Gasteiger partial charge on any atom is 0.0669 e. The normalized spacial score (nSPS) is 15.5. The molecule has 3 rings (SSSR count). The highest BCUT2D eigenvalue weighted by molar-refractivity contribution is 7.12. The number of hydrogen-bond donors (Lipinski definition) is 1. The number of aryl methyl sites for hydroxylation is 4. The lowest BCUT2D eigenvalue weighted by molar-refractivity contribution is 0.701. The molecule has 1 N–H and O–H groups in total. The minimum Gasteiger partial charge on any atom is -0.309 e. The quantitative estimate of drug-likeness (QED) is 0.884. The van der Waals surface area contributed by atoms with Gasteiger partial charge in [-0.15, -0.1) is 11.3 Å². The summed E-state index contributed by atoms with van der Waals surface area (Å²) in [5.74, 6) is 0. The van der Waals surface area contributed by atoms with Crippen LogP contribution in [0.5, 0.6) is 0 Å². The maximum atomic E-state index is 3.49. The highest BCUT2D eigenvalue weighted by Crippen LogP contribution is 2.36. The van der Waals surface area contributed by atoms with E-state index in [0.717, 1.165) is 0 Å². The van der Waals surface area contributed by atoms with E-state index in [9.17, 15) is 0 Å². The predicted molar refractivity (Wildman–Crippen MR) is 83.2 cm³/mol. The van der Waals surface area contributed by atoms with Crippen LogP contribution in [0.4, 0.5) is 0 Å². The Labute approximate surface area is 119 Å². The molecule has 0 radical (unpaired) electrons. The molecule has 2 aromatic rings. The van der Waals surface area contributed by atoms with Crippen LogP contribution in [0, 0.1) is 13.8 Å². The van der Waals surface area contributed by atoms with E-state index in [1.54, 1.807) is 10.4 Å². The lowest BCUT2D eigenvalue weighted by Gasteiger charge is -2.16. The highest BCUT2D eigenvalue weighted by Gasteiger charge is 2.20. The van der Waals surface area contributed by atoms with Gasteiger partial charge in [0.05, 0.1) is 6.04 Å². The van der Waals surface area contributed by atoms with E-state index in [-0.39, 0.29) is 0 Å². The standard InChI is InChI=1S/C17H21NS/c1-11-7-12(2)9-14(8-11)17(18-3)16-10-13-5-4-6-15(13)19-16/h7-10,17-18H,4-6H2,1-3H3. The molecule has 0 saturated heterocycles. The van der Waals surface area contributed by atoms with Crippen molar-refractivity contribution in [1.29, 1.82) is 0 Å². The molecule has 0 aliphatic heterocycles. The zero-order valence-corrected chi connectivity index (χ0v) is 12.7. The molecule has 2 heteroatoms. The number of benzene rings is 1. The third-order valence-electron chi connectivity index (χ3n) is 3.92. The molecule has 0 fully saturated rings. The molecule has 19 heavy (non-hydrogen) atoms. The largest absolute Gasteiger partial charge is 0.309 e. The van der Waals surface area contributed by atoms with Crippen LogP contribution in [0.25, 0.3) is 0 Å². The summed E-state index contributed by atoms with van der Waals surface area (Å²) in [4.78, 5) is 3.08. The zero-order valence-electron chi connectivity index (χ0n) is 11.9. The molecule has 100 valence electrons. The highest BCUT2D eigenvalue weighted by atomic mass is 32.1. The van der Waals surface area contributed by atoms with E-state index in [0.29, 0.717) is 6.04 Å². The molecule has 1 nitrogen and oxygen atoms in total. The Kier molecular flexibility index (Phi) is 3.46. The van der Waals surface area contributed by atoms with Gasteiger partial charge in [-0.1, -0.05) is 29.3 Å². The number of fused-ring (bicyclic) bond motifs is 1. The molecule has 0 bridgehead atoms. The second-order valence-corrected chi connectivity index (χ2v) is 6.76. The van der Waals surface area contributed by atoms with Gasteiger partial charge in [-0.3, -0.25) is 0 Å². The lowest BCUT2D eigenvalue weighted by Crippen LogP contribution is -2.16. The predicted octanol–water partition coefficient (Wildman–Crippen LogP) is 4.16. The van der Waals surface area contributed by atoms with E-state index >= 15 is 0 Å². The van der Waals surface area contributed by atoms with Crippen LogP contribution in [0.1, 0.15) is 44.5 Å². The second kappa shape index (κ2) is 5.10. The van der Waals surface area contributed by atoms with Crippen molar-refractivity contribution < 1.29 is 0 Å². The Morgan fingerprint density at radius 3 is 2.42 bits per heavy atom. The van der Waals surface area contributed by atoms with Crippen molar-refractivity contribution in [3.8, 4) is 0 Å². The smallest absolute Gasteiger partial charge is 0.0669 e. The molecule has 1 aliphatic rings. The average Bonchev–Trinajstić information content (AvgIpc) is 2.89. The average molecular weight is 271 g/mol. The van der Waals surface area contributed by atoms with Gasteiger partial charge in [-0.25, -0.2) is 0 Å². The molecule has 0 saturated carbocycles. The van der Waals surface area contributed by atoms with Crippen molar-refractivity contribution >= 4 is 11.3 Å². The van der Waals surface area contributed by atoms with Crippen molar-refractivity contribution in [3.63, 3.8) is 0 Å². The van der Waals surface area contributed by atoms with Crippen LogP contribution in [0.15, 0.2) is 24.3 Å². The van der Waals surface area contributed by atoms with Crippen LogP contribution >= 0.6 is 11.3 Å². The van der Waals surface area contributed by atoms with Gasteiger partial charge in [-0.05, 0) is 57.4 Å². The Bertz CT molecular complexity index is 556. The van der Waals surface area contributed by atoms with Crippen molar-refractivity contribution in [1.82, 2.24) is 5.32 Å². The Hall–Kier alpha value is -1.12. The van der Waals surface area contributed by atoms with Gasteiger partial charge in [0.2, 0.25) is 0 Å². The lowest BCUT2D eigenvalue weighted by atomic mass is 10.00. The van der Waals surface area contributed by atoms with Crippen LogP contribution in [-0.2, 0) is 12.8 Å². The van der Waals surface area contributed by atoms with Gasteiger partial charge in [0.15, 0.2) is 0 Å². The van der Waals surface area contributed by atoms with E-state index < -0.39 is 0 Å².